The maximum atomic E-state index is 12.0. The third-order valence-corrected chi connectivity index (χ3v) is 5.64. The summed E-state index contributed by atoms with van der Waals surface area (Å²) in [5.41, 5.74) is 4.48. The number of hydrogen-bond donors (Lipinski definition) is 1. The van der Waals surface area contributed by atoms with Crippen molar-refractivity contribution < 1.29 is 9.59 Å². The van der Waals surface area contributed by atoms with E-state index in [0.717, 1.165) is 6.42 Å². The van der Waals surface area contributed by atoms with Crippen molar-refractivity contribution in [3.05, 3.63) is 0 Å². The van der Waals surface area contributed by atoms with E-state index >= 15 is 0 Å². The van der Waals surface area contributed by atoms with E-state index in [4.69, 9.17) is 5.73 Å². The second kappa shape index (κ2) is 1.66. The Morgan fingerprint density at radius 2 is 2.00 bits per heavy atom. The van der Waals surface area contributed by atoms with Crippen LogP contribution in [0.1, 0.15) is 27.2 Å². The molecule has 4 bridgehead atoms. The molecule has 4 fully saturated rings. The number of hydrogen-bond acceptors (Lipinski definition) is 2. The molecule has 4 aliphatic rings. The van der Waals surface area contributed by atoms with Crippen molar-refractivity contribution in [2.45, 2.75) is 27.2 Å². The molecule has 14 heavy (non-hydrogen) atoms. The monoisotopic (exact) mass is 193 g/mol. The number of carbonyl (C=O) groups excluding carboxylic acids is 2. The van der Waals surface area contributed by atoms with Crippen molar-refractivity contribution in [1.82, 2.24) is 0 Å². The zero-order valence-electron chi connectivity index (χ0n) is 8.76. The predicted octanol–water partition coefficient (Wildman–Crippen LogP) is 0.723. The maximum absolute atomic E-state index is 12.0. The number of nitrogens with two attached hydrogens (primary N) is 1. The predicted molar refractivity (Wildman–Crippen MR) is 50.1 cm³/mol. The van der Waals surface area contributed by atoms with Crippen LogP contribution in [-0.4, -0.2) is 11.7 Å². The summed E-state index contributed by atoms with van der Waals surface area (Å²) >= 11 is 0. The second-order valence-electron chi connectivity index (χ2n) is 5.84. The molecule has 4 aliphatic carbocycles. The fourth-order valence-electron chi connectivity index (χ4n) is 4.53. The Morgan fingerprint density at radius 3 is 2.14 bits per heavy atom. The zero-order valence-corrected chi connectivity index (χ0v) is 8.76. The standard InChI is InChI=1S/C11H15NO2/c1-9(2)10(3)4-5-6(7(10)13)11(5,9)8(12)14/h5-6H,4H2,1-3H3,(H2,12,14). The Morgan fingerprint density at radius 1 is 1.43 bits per heavy atom. The molecule has 0 aromatic heterocycles. The van der Waals surface area contributed by atoms with E-state index < -0.39 is 5.41 Å². The molecule has 0 aromatic rings. The smallest absolute Gasteiger partial charge is 0.225 e. The van der Waals surface area contributed by atoms with Gasteiger partial charge in [-0.15, -0.1) is 0 Å². The van der Waals surface area contributed by atoms with Gasteiger partial charge in [0.1, 0.15) is 5.78 Å². The fourth-order valence-corrected chi connectivity index (χ4v) is 4.53. The largest absolute Gasteiger partial charge is 0.369 e. The van der Waals surface area contributed by atoms with E-state index in [2.05, 4.69) is 0 Å². The Hall–Kier alpha value is -0.860. The molecule has 4 saturated carbocycles. The molecule has 0 heterocycles. The molecular weight excluding hydrogens is 178 g/mol. The topological polar surface area (TPSA) is 60.2 Å². The maximum Gasteiger partial charge on any atom is 0.225 e. The van der Waals surface area contributed by atoms with E-state index in [9.17, 15) is 9.59 Å². The molecule has 0 saturated heterocycles. The number of ketones is 1. The molecule has 0 aromatic carbocycles. The summed E-state index contributed by atoms with van der Waals surface area (Å²) in [6.07, 6.45) is 0.868. The van der Waals surface area contributed by atoms with Crippen LogP contribution in [0.5, 0.6) is 0 Å². The average molecular weight is 193 g/mol. The van der Waals surface area contributed by atoms with Crippen LogP contribution in [0.15, 0.2) is 0 Å². The van der Waals surface area contributed by atoms with Gasteiger partial charge in [-0.25, -0.2) is 0 Å². The van der Waals surface area contributed by atoms with Crippen LogP contribution in [0.4, 0.5) is 0 Å². The van der Waals surface area contributed by atoms with Gasteiger partial charge >= 0.3 is 0 Å². The highest BCUT2D eigenvalue weighted by atomic mass is 16.2. The van der Waals surface area contributed by atoms with E-state index in [1.54, 1.807) is 0 Å². The second-order valence-corrected chi connectivity index (χ2v) is 5.84. The third kappa shape index (κ3) is 0.421. The Balaban J connectivity index is 2.26. The third-order valence-electron chi connectivity index (χ3n) is 5.64. The summed E-state index contributed by atoms with van der Waals surface area (Å²) in [5, 5.41) is 0. The normalized spacial score (nSPS) is 56.4. The molecule has 3 nitrogen and oxygen atoms in total. The lowest BCUT2D eigenvalue weighted by Crippen LogP contribution is -2.41. The van der Waals surface area contributed by atoms with Gasteiger partial charge in [0.05, 0.1) is 5.41 Å². The van der Waals surface area contributed by atoms with Gasteiger partial charge in [-0.05, 0) is 17.8 Å². The van der Waals surface area contributed by atoms with E-state index in [1.807, 2.05) is 20.8 Å². The first kappa shape index (κ1) is 8.45. The fraction of sp³-hybridized carbons (Fsp3) is 0.818. The molecule has 3 heteroatoms. The lowest BCUT2D eigenvalue weighted by Gasteiger charge is -2.35. The van der Waals surface area contributed by atoms with Gasteiger partial charge in [0.15, 0.2) is 0 Å². The molecule has 0 radical (unpaired) electrons. The Labute approximate surface area is 83.0 Å². The van der Waals surface area contributed by atoms with E-state index in [0.29, 0.717) is 0 Å². The molecule has 0 spiro atoms. The average Bonchev–Trinajstić information content (AvgIpc) is 2.53. The molecular formula is C11H15NO2. The highest BCUT2D eigenvalue weighted by Gasteiger charge is 2.93. The molecule has 76 valence electrons. The van der Waals surface area contributed by atoms with Crippen LogP contribution < -0.4 is 5.73 Å². The lowest BCUT2D eigenvalue weighted by atomic mass is 9.66. The van der Waals surface area contributed by atoms with Crippen LogP contribution >= 0.6 is 0 Å². The van der Waals surface area contributed by atoms with Gasteiger partial charge in [-0.1, -0.05) is 20.8 Å². The number of rotatable bonds is 1. The zero-order chi connectivity index (χ0) is 10.5. The molecule has 2 N–H and O–H groups in total. The molecule has 4 rings (SSSR count). The van der Waals surface area contributed by atoms with Crippen molar-refractivity contribution >= 4 is 11.7 Å². The Bertz CT molecular complexity index is 387. The SMILES string of the molecule is CC12CC3C(C1=O)C3(C(N)=O)C2(C)C. The minimum absolute atomic E-state index is 0.0417. The molecule has 4 unspecified atom stereocenters. The van der Waals surface area contributed by atoms with Crippen LogP contribution in [-0.2, 0) is 9.59 Å². The van der Waals surface area contributed by atoms with Crippen molar-refractivity contribution in [2.24, 2.45) is 33.8 Å². The van der Waals surface area contributed by atoms with Crippen LogP contribution in [0.2, 0.25) is 0 Å². The van der Waals surface area contributed by atoms with Crippen LogP contribution in [0.25, 0.3) is 0 Å². The first-order chi connectivity index (χ1) is 6.32. The lowest BCUT2D eigenvalue weighted by molar-refractivity contribution is -0.128. The molecule has 0 aliphatic heterocycles. The summed E-state index contributed by atoms with van der Waals surface area (Å²) in [6.45, 7) is 6.06. The number of primary amides is 1. The van der Waals surface area contributed by atoms with Crippen molar-refractivity contribution in [1.29, 1.82) is 0 Å². The summed E-state index contributed by atoms with van der Waals surface area (Å²) in [5.74, 6) is 0.242. The highest BCUT2D eigenvalue weighted by Crippen LogP contribution is 2.88. The van der Waals surface area contributed by atoms with Gasteiger partial charge in [-0.2, -0.15) is 0 Å². The summed E-state index contributed by atoms with van der Waals surface area (Å²) in [4.78, 5) is 23.6. The van der Waals surface area contributed by atoms with Gasteiger partial charge < -0.3 is 5.73 Å². The number of amides is 1. The first-order valence-electron chi connectivity index (χ1n) is 5.16. The van der Waals surface area contributed by atoms with Crippen LogP contribution in [0.3, 0.4) is 0 Å². The molecule has 4 atom stereocenters. The van der Waals surface area contributed by atoms with Crippen molar-refractivity contribution in [3.63, 3.8) is 0 Å². The Kier molecular flexibility index (Phi) is 1.00. The van der Waals surface area contributed by atoms with E-state index in [-0.39, 0.29) is 34.4 Å². The van der Waals surface area contributed by atoms with E-state index in [1.165, 1.54) is 0 Å². The van der Waals surface area contributed by atoms with Gasteiger partial charge in [0.2, 0.25) is 5.91 Å². The quantitative estimate of drug-likeness (QED) is 0.667. The summed E-state index contributed by atoms with van der Waals surface area (Å²) in [7, 11) is 0. The first-order valence-corrected chi connectivity index (χ1v) is 5.16. The molecule has 1 amide bonds. The van der Waals surface area contributed by atoms with Gasteiger partial charge in [-0.3, -0.25) is 9.59 Å². The van der Waals surface area contributed by atoms with Crippen molar-refractivity contribution in [3.8, 4) is 0 Å². The van der Waals surface area contributed by atoms with Crippen LogP contribution in [0, 0.1) is 28.1 Å². The minimum Gasteiger partial charge on any atom is -0.369 e. The van der Waals surface area contributed by atoms with Gasteiger partial charge in [0, 0.05) is 11.3 Å². The van der Waals surface area contributed by atoms with Gasteiger partial charge in [0.25, 0.3) is 0 Å². The highest BCUT2D eigenvalue weighted by molar-refractivity contribution is 6.08. The summed E-state index contributed by atoms with van der Waals surface area (Å²) in [6, 6.07) is 0. The van der Waals surface area contributed by atoms with Crippen molar-refractivity contribution in [2.75, 3.05) is 0 Å². The summed E-state index contributed by atoms with van der Waals surface area (Å²) < 4.78 is 0. The number of Topliss-reactive ketones (excluding diaryl/α,β-unsaturated/α-hetero) is 1. The minimum atomic E-state index is -0.487. The number of carbonyl (C=O) groups is 2.